The molecule has 1 heterocycles. The number of fused-ring (bicyclic) bond motifs is 6. The van der Waals surface area contributed by atoms with Gasteiger partial charge in [0.1, 0.15) is 11.5 Å². The summed E-state index contributed by atoms with van der Waals surface area (Å²) in [6.07, 6.45) is 7.81. The van der Waals surface area contributed by atoms with Gasteiger partial charge >= 0.3 is 0 Å². The van der Waals surface area contributed by atoms with E-state index in [-0.39, 0.29) is 21.7 Å². The number of para-hydroxylation sites is 1. The summed E-state index contributed by atoms with van der Waals surface area (Å²) in [6, 6.07) is 49.0. The zero-order chi connectivity index (χ0) is 39.3. The maximum Gasteiger partial charge on any atom is 0.141 e. The van der Waals surface area contributed by atoms with E-state index in [1.165, 1.54) is 111 Å². The first-order chi connectivity index (χ1) is 28.0. The van der Waals surface area contributed by atoms with E-state index >= 15 is 0 Å². The van der Waals surface area contributed by atoms with Crippen LogP contribution in [-0.4, -0.2) is 0 Å². The number of ether oxygens (including phenoxy) is 1. The molecular weight excluding hydrogens is 703 g/mol. The maximum atomic E-state index is 7.40. The van der Waals surface area contributed by atoms with Crippen molar-refractivity contribution >= 4 is 17.1 Å². The van der Waals surface area contributed by atoms with E-state index in [0.717, 1.165) is 23.3 Å². The SMILES string of the molecule is CC1(C)CCC(C)(C)c2cc(N(c3ccc4c(c3)C(C)(C)c3ccccc3-4)c3ccc4c(c3-c3ccccc3)Oc3ccccc3C43C4CC5CC(C4)C3C5)ccc21. The van der Waals surface area contributed by atoms with Crippen LogP contribution in [0, 0.1) is 23.7 Å². The Hall–Kier alpha value is -5.08. The average Bonchev–Trinajstić information content (AvgIpc) is 3.74. The highest BCUT2D eigenvalue weighted by atomic mass is 16.5. The van der Waals surface area contributed by atoms with Gasteiger partial charge < -0.3 is 9.64 Å². The highest BCUT2D eigenvalue weighted by Gasteiger charge is 2.66. The summed E-state index contributed by atoms with van der Waals surface area (Å²) in [5.41, 5.74) is 17.4. The van der Waals surface area contributed by atoms with E-state index in [1.54, 1.807) is 0 Å². The molecule has 4 bridgehead atoms. The molecule has 4 saturated carbocycles. The van der Waals surface area contributed by atoms with Crippen LogP contribution in [0.2, 0.25) is 0 Å². The molecule has 2 heteroatoms. The summed E-state index contributed by atoms with van der Waals surface area (Å²) in [5.74, 6) is 5.13. The molecule has 7 aliphatic rings. The van der Waals surface area contributed by atoms with Gasteiger partial charge in [-0.15, -0.1) is 0 Å². The molecule has 1 aliphatic heterocycles. The van der Waals surface area contributed by atoms with Crippen molar-refractivity contribution in [2.45, 2.75) is 102 Å². The van der Waals surface area contributed by atoms with Gasteiger partial charge in [-0.2, -0.15) is 0 Å². The molecule has 6 aromatic rings. The number of hydrogen-bond acceptors (Lipinski definition) is 2. The van der Waals surface area contributed by atoms with Crippen LogP contribution in [0.5, 0.6) is 11.5 Å². The van der Waals surface area contributed by atoms with Crippen LogP contribution >= 0.6 is 0 Å². The Balaban J connectivity index is 1.14. The Bertz CT molecular complexity index is 2680. The topological polar surface area (TPSA) is 12.5 Å². The molecule has 0 saturated heterocycles. The lowest BCUT2D eigenvalue weighted by molar-refractivity contribution is 0.173. The molecule has 13 rings (SSSR count). The van der Waals surface area contributed by atoms with E-state index in [1.807, 2.05) is 0 Å². The van der Waals surface area contributed by atoms with Crippen LogP contribution in [-0.2, 0) is 21.7 Å². The largest absolute Gasteiger partial charge is 0.456 e. The van der Waals surface area contributed by atoms with E-state index in [2.05, 4.69) is 174 Å². The van der Waals surface area contributed by atoms with Crippen molar-refractivity contribution in [2.75, 3.05) is 4.90 Å². The molecule has 6 aromatic carbocycles. The highest BCUT2D eigenvalue weighted by Crippen LogP contribution is 2.73. The van der Waals surface area contributed by atoms with Gasteiger partial charge in [0.25, 0.3) is 0 Å². The molecule has 290 valence electrons. The average molecular weight is 758 g/mol. The van der Waals surface area contributed by atoms with Gasteiger partial charge in [-0.05, 0) is 148 Å². The standard InChI is InChI=1S/C56H55NO/c1-53(2)26-27-54(3,4)48-33-39(21-23-43(48)53)57(38-20-22-41-40-16-10-11-17-42(40)55(5,6)47(41)32-38)49-25-24-45-52(51(49)35-14-8-7-9-15-35)58-50-19-13-12-18-44(50)56(45)37-29-34-28-36(31-37)46(56)30-34/h7-25,32-34,36-37,46H,26-31H2,1-6H3. The number of anilines is 3. The number of benzene rings is 6. The lowest BCUT2D eigenvalue weighted by atomic mass is 9.56. The normalized spacial score (nSPS) is 26.7. The molecule has 5 unspecified atom stereocenters. The van der Waals surface area contributed by atoms with E-state index in [0.29, 0.717) is 11.8 Å². The predicted octanol–water partition coefficient (Wildman–Crippen LogP) is 14.9. The van der Waals surface area contributed by atoms with Crippen molar-refractivity contribution in [2.24, 2.45) is 23.7 Å². The van der Waals surface area contributed by atoms with Gasteiger partial charge in [0, 0.05) is 38.9 Å². The van der Waals surface area contributed by atoms with Gasteiger partial charge in [0.05, 0.1) is 5.69 Å². The molecule has 2 nitrogen and oxygen atoms in total. The number of rotatable bonds is 4. The van der Waals surface area contributed by atoms with E-state index in [4.69, 9.17) is 4.74 Å². The zero-order valence-electron chi connectivity index (χ0n) is 35.0. The fourth-order valence-corrected chi connectivity index (χ4v) is 13.8. The second-order valence-corrected chi connectivity index (χ2v) is 20.8. The molecule has 58 heavy (non-hydrogen) atoms. The summed E-state index contributed by atoms with van der Waals surface area (Å²) < 4.78 is 7.40. The predicted molar refractivity (Wildman–Crippen MR) is 239 cm³/mol. The number of nitrogens with zero attached hydrogens (tertiary/aromatic N) is 1. The summed E-state index contributed by atoms with van der Waals surface area (Å²) >= 11 is 0. The molecule has 0 aromatic heterocycles. The minimum atomic E-state index is -0.117. The molecule has 6 aliphatic carbocycles. The van der Waals surface area contributed by atoms with Crippen LogP contribution in [0.25, 0.3) is 22.3 Å². The first-order valence-electron chi connectivity index (χ1n) is 22.2. The van der Waals surface area contributed by atoms with Gasteiger partial charge in [0.2, 0.25) is 0 Å². The Kier molecular flexibility index (Phi) is 7.09. The fourth-order valence-electron chi connectivity index (χ4n) is 13.8. The lowest BCUT2D eigenvalue weighted by Crippen LogP contribution is -2.44. The van der Waals surface area contributed by atoms with Crippen LogP contribution in [0.3, 0.4) is 0 Å². The van der Waals surface area contributed by atoms with Gasteiger partial charge in [-0.25, -0.2) is 0 Å². The third kappa shape index (κ3) is 4.55. The summed E-state index contributed by atoms with van der Waals surface area (Å²) in [6.45, 7) is 14.6. The van der Waals surface area contributed by atoms with Crippen LogP contribution < -0.4 is 9.64 Å². The summed E-state index contributed by atoms with van der Waals surface area (Å²) in [4.78, 5) is 2.59. The van der Waals surface area contributed by atoms with Crippen LogP contribution in [0.15, 0.2) is 127 Å². The first-order valence-corrected chi connectivity index (χ1v) is 22.2. The Labute approximate surface area is 345 Å². The van der Waals surface area contributed by atoms with Crippen LogP contribution in [0.1, 0.15) is 113 Å². The molecule has 4 fully saturated rings. The smallest absolute Gasteiger partial charge is 0.141 e. The lowest BCUT2D eigenvalue weighted by Gasteiger charge is -2.49. The highest BCUT2D eigenvalue weighted by molar-refractivity contribution is 5.94. The molecule has 5 atom stereocenters. The maximum absolute atomic E-state index is 7.40. The van der Waals surface area contributed by atoms with Crippen molar-refractivity contribution in [3.05, 3.63) is 161 Å². The van der Waals surface area contributed by atoms with E-state index in [9.17, 15) is 0 Å². The quantitative estimate of drug-likeness (QED) is 0.178. The van der Waals surface area contributed by atoms with Gasteiger partial charge in [0.15, 0.2) is 0 Å². The Morgan fingerprint density at radius 1 is 0.534 bits per heavy atom. The third-order valence-electron chi connectivity index (χ3n) is 16.6. The Morgan fingerprint density at radius 3 is 1.98 bits per heavy atom. The second-order valence-electron chi connectivity index (χ2n) is 20.8. The molecule has 0 N–H and O–H groups in total. The minimum Gasteiger partial charge on any atom is -0.456 e. The zero-order valence-corrected chi connectivity index (χ0v) is 35.0. The van der Waals surface area contributed by atoms with Crippen LogP contribution in [0.4, 0.5) is 17.1 Å². The fraction of sp³-hybridized carbons (Fsp3) is 0.357. The van der Waals surface area contributed by atoms with Crippen molar-refractivity contribution in [1.82, 2.24) is 0 Å². The third-order valence-corrected chi connectivity index (χ3v) is 16.6. The minimum absolute atomic E-state index is 0.0144. The number of hydrogen-bond donors (Lipinski definition) is 0. The Morgan fingerprint density at radius 2 is 1.19 bits per heavy atom. The van der Waals surface area contributed by atoms with Crippen molar-refractivity contribution in [3.8, 4) is 33.8 Å². The first kappa shape index (κ1) is 34.9. The molecule has 1 spiro atoms. The summed E-state index contributed by atoms with van der Waals surface area (Å²) in [7, 11) is 0. The monoisotopic (exact) mass is 757 g/mol. The second kappa shape index (κ2) is 11.8. The molecule has 0 amide bonds. The van der Waals surface area contributed by atoms with Crippen molar-refractivity contribution in [1.29, 1.82) is 0 Å². The molecule has 0 radical (unpaired) electrons. The van der Waals surface area contributed by atoms with Gasteiger partial charge in [-0.3, -0.25) is 0 Å². The van der Waals surface area contributed by atoms with Gasteiger partial charge in [-0.1, -0.05) is 133 Å². The molecular formula is C56H55NO. The van der Waals surface area contributed by atoms with Crippen molar-refractivity contribution in [3.63, 3.8) is 0 Å². The van der Waals surface area contributed by atoms with E-state index < -0.39 is 0 Å². The van der Waals surface area contributed by atoms with Crippen molar-refractivity contribution < 1.29 is 4.74 Å². The summed E-state index contributed by atoms with van der Waals surface area (Å²) in [5, 5.41) is 0.